The van der Waals surface area contributed by atoms with Crippen molar-refractivity contribution in [3.8, 4) is 5.75 Å². The number of hydrogen-bond donors (Lipinski definition) is 1. The molecule has 2 aromatic rings. The van der Waals surface area contributed by atoms with Gasteiger partial charge in [0.2, 0.25) is 0 Å². The van der Waals surface area contributed by atoms with Crippen LogP contribution in [0.4, 0.5) is 10.1 Å². The average molecular weight is 259 g/mol. The van der Waals surface area contributed by atoms with Gasteiger partial charge in [0.1, 0.15) is 18.2 Å². The van der Waals surface area contributed by atoms with E-state index in [2.05, 4.69) is 6.07 Å². The monoisotopic (exact) mass is 259 g/mol. The molecule has 0 unspecified atom stereocenters. The van der Waals surface area contributed by atoms with Crippen LogP contribution in [0, 0.1) is 26.6 Å². The van der Waals surface area contributed by atoms with Gasteiger partial charge in [-0.05, 0) is 49.6 Å². The Morgan fingerprint density at radius 3 is 2.42 bits per heavy atom. The summed E-state index contributed by atoms with van der Waals surface area (Å²) >= 11 is 0. The van der Waals surface area contributed by atoms with E-state index < -0.39 is 0 Å². The first-order valence-electron chi connectivity index (χ1n) is 6.22. The molecule has 100 valence electrons. The predicted octanol–water partition coefficient (Wildman–Crippen LogP) is 3.91. The molecule has 0 saturated heterocycles. The maximum Gasteiger partial charge on any atom is 0.125 e. The van der Waals surface area contributed by atoms with Crippen LogP contribution in [0.25, 0.3) is 0 Å². The molecule has 3 heteroatoms. The third kappa shape index (κ3) is 2.87. The van der Waals surface area contributed by atoms with Crippen LogP contribution in [-0.2, 0) is 6.61 Å². The quantitative estimate of drug-likeness (QED) is 0.848. The summed E-state index contributed by atoms with van der Waals surface area (Å²) in [5.74, 6) is 0.549. The Morgan fingerprint density at radius 1 is 1.05 bits per heavy atom. The van der Waals surface area contributed by atoms with Gasteiger partial charge in [0.15, 0.2) is 0 Å². The molecule has 0 aliphatic rings. The van der Waals surface area contributed by atoms with Gasteiger partial charge < -0.3 is 10.5 Å². The van der Waals surface area contributed by atoms with Crippen molar-refractivity contribution in [2.24, 2.45) is 0 Å². The number of rotatable bonds is 3. The van der Waals surface area contributed by atoms with Crippen LogP contribution < -0.4 is 10.5 Å². The van der Waals surface area contributed by atoms with Crippen LogP contribution in [-0.4, -0.2) is 0 Å². The second kappa shape index (κ2) is 5.31. The molecule has 2 aromatic carbocycles. The summed E-state index contributed by atoms with van der Waals surface area (Å²) in [5, 5.41) is 0. The van der Waals surface area contributed by atoms with Gasteiger partial charge in [-0.3, -0.25) is 0 Å². The van der Waals surface area contributed by atoms with Crippen LogP contribution in [0.1, 0.15) is 22.3 Å². The fourth-order valence-corrected chi connectivity index (χ4v) is 1.99. The second-order valence-electron chi connectivity index (χ2n) is 4.79. The minimum Gasteiger partial charge on any atom is -0.488 e. The Kier molecular flexibility index (Phi) is 3.74. The number of anilines is 1. The lowest BCUT2D eigenvalue weighted by Crippen LogP contribution is -2.03. The summed E-state index contributed by atoms with van der Waals surface area (Å²) in [6, 6.07) is 8.47. The number of halogens is 1. The molecular formula is C16H18FNO. The molecule has 19 heavy (non-hydrogen) atoms. The molecule has 0 atom stereocenters. The van der Waals surface area contributed by atoms with Gasteiger partial charge in [0.25, 0.3) is 0 Å². The zero-order valence-corrected chi connectivity index (χ0v) is 11.5. The Morgan fingerprint density at radius 2 is 1.74 bits per heavy atom. The maximum absolute atomic E-state index is 13.0. The molecular weight excluding hydrogens is 241 g/mol. The zero-order chi connectivity index (χ0) is 14.0. The lowest BCUT2D eigenvalue weighted by Gasteiger charge is -2.14. The van der Waals surface area contributed by atoms with E-state index in [9.17, 15) is 4.39 Å². The van der Waals surface area contributed by atoms with E-state index in [0.717, 1.165) is 22.4 Å². The molecule has 2 rings (SSSR count). The Hall–Kier alpha value is -2.03. The fraction of sp³-hybridized carbons (Fsp3) is 0.250. The average Bonchev–Trinajstić information content (AvgIpc) is 2.36. The Bertz CT molecular complexity index is 608. The first-order valence-corrected chi connectivity index (χ1v) is 6.22. The molecule has 0 radical (unpaired) electrons. The lowest BCUT2D eigenvalue weighted by molar-refractivity contribution is 0.302. The van der Waals surface area contributed by atoms with Crippen LogP contribution >= 0.6 is 0 Å². The summed E-state index contributed by atoms with van der Waals surface area (Å²) in [6.45, 7) is 6.44. The summed E-state index contributed by atoms with van der Waals surface area (Å²) in [5.41, 5.74) is 10.4. The molecule has 2 nitrogen and oxygen atoms in total. The SMILES string of the molecule is Cc1ccc(C)c(OCc2ccc(F)cc2N)c1C. The highest BCUT2D eigenvalue weighted by molar-refractivity contribution is 5.48. The molecule has 0 aliphatic carbocycles. The van der Waals surface area contributed by atoms with Crippen molar-refractivity contribution < 1.29 is 9.13 Å². The maximum atomic E-state index is 13.0. The van der Waals surface area contributed by atoms with E-state index in [1.54, 1.807) is 6.07 Å². The fourth-order valence-electron chi connectivity index (χ4n) is 1.99. The molecule has 2 N–H and O–H groups in total. The minimum atomic E-state index is -0.329. The van der Waals surface area contributed by atoms with Gasteiger partial charge >= 0.3 is 0 Å². The van der Waals surface area contributed by atoms with Crippen molar-refractivity contribution in [1.29, 1.82) is 0 Å². The highest BCUT2D eigenvalue weighted by Crippen LogP contribution is 2.27. The van der Waals surface area contributed by atoms with Crippen molar-refractivity contribution in [2.75, 3.05) is 5.73 Å². The number of aryl methyl sites for hydroxylation is 2. The predicted molar refractivity (Wildman–Crippen MR) is 75.8 cm³/mol. The Balaban J connectivity index is 2.21. The number of hydrogen-bond acceptors (Lipinski definition) is 2. The highest BCUT2D eigenvalue weighted by atomic mass is 19.1. The molecule has 0 aliphatic heterocycles. The summed E-state index contributed by atoms with van der Waals surface area (Å²) < 4.78 is 18.8. The van der Waals surface area contributed by atoms with Crippen LogP contribution in [0.5, 0.6) is 5.75 Å². The summed E-state index contributed by atoms with van der Waals surface area (Å²) in [4.78, 5) is 0. The van der Waals surface area contributed by atoms with Gasteiger partial charge in [-0.2, -0.15) is 0 Å². The number of nitrogen functional groups attached to an aromatic ring is 1. The van der Waals surface area contributed by atoms with Gasteiger partial charge in [0.05, 0.1) is 0 Å². The van der Waals surface area contributed by atoms with Crippen molar-refractivity contribution in [3.05, 3.63) is 58.4 Å². The topological polar surface area (TPSA) is 35.2 Å². The number of benzene rings is 2. The molecule has 0 aromatic heterocycles. The minimum absolute atomic E-state index is 0.329. The van der Waals surface area contributed by atoms with Crippen LogP contribution in [0.3, 0.4) is 0 Å². The van der Waals surface area contributed by atoms with Crippen molar-refractivity contribution in [1.82, 2.24) is 0 Å². The third-order valence-corrected chi connectivity index (χ3v) is 3.35. The normalized spacial score (nSPS) is 10.5. The summed E-state index contributed by atoms with van der Waals surface area (Å²) in [6.07, 6.45) is 0. The first-order chi connectivity index (χ1) is 8.99. The number of ether oxygens (including phenoxy) is 1. The standard InChI is InChI=1S/C16H18FNO/c1-10-4-5-11(2)16(12(10)3)19-9-13-6-7-14(17)8-15(13)18/h4-8H,9,18H2,1-3H3. The van der Waals surface area contributed by atoms with Gasteiger partial charge in [-0.25, -0.2) is 4.39 Å². The van der Waals surface area contributed by atoms with Gasteiger partial charge in [0, 0.05) is 11.3 Å². The molecule has 0 heterocycles. The molecule has 0 bridgehead atoms. The summed E-state index contributed by atoms with van der Waals surface area (Å²) in [7, 11) is 0. The largest absolute Gasteiger partial charge is 0.488 e. The van der Waals surface area contributed by atoms with E-state index in [1.807, 2.05) is 26.8 Å². The van der Waals surface area contributed by atoms with Gasteiger partial charge in [-0.15, -0.1) is 0 Å². The van der Waals surface area contributed by atoms with Crippen molar-refractivity contribution in [3.63, 3.8) is 0 Å². The highest BCUT2D eigenvalue weighted by Gasteiger charge is 2.08. The van der Waals surface area contributed by atoms with E-state index in [4.69, 9.17) is 10.5 Å². The van der Waals surface area contributed by atoms with E-state index in [0.29, 0.717) is 12.3 Å². The molecule has 0 fully saturated rings. The van der Waals surface area contributed by atoms with E-state index >= 15 is 0 Å². The van der Waals surface area contributed by atoms with E-state index in [1.165, 1.54) is 17.7 Å². The Labute approximate surface area is 113 Å². The third-order valence-electron chi connectivity index (χ3n) is 3.35. The zero-order valence-electron chi connectivity index (χ0n) is 11.5. The molecule has 0 saturated carbocycles. The number of nitrogens with two attached hydrogens (primary N) is 1. The van der Waals surface area contributed by atoms with Crippen molar-refractivity contribution >= 4 is 5.69 Å². The van der Waals surface area contributed by atoms with Crippen molar-refractivity contribution in [2.45, 2.75) is 27.4 Å². The first kappa shape index (κ1) is 13.4. The second-order valence-corrected chi connectivity index (χ2v) is 4.79. The van der Waals surface area contributed by atoms with Gasteiger partial charge in [-0.1, -0.05) is 18.2 Å². The molecule has 0 amide bonds. The smallest absolute Gasteiger partial charge is 0.125 e. The molecule has 0 spiro atoms. The van der Waals surface area contributed by atoms with Crippen LogP contribution in [0.2, 0.25) is 0 Å². The lowest BCUT2D eigenvalue weighted by atomic mass is 10.1. The van der Waals surface area contributed by atoms with E-state index in [-0.39, 0.29) is 5.82 Å². The van der Waals surface area contributed by atoms with Crippen LogP contribution in [0.15, 0.2) is 30.3 Å².